The molecule has 6 heteroatoms. The standard InChI is InChI=1S/C10H13BrClN3S/c1-6-4-3-5-15(6)9-7(11)8(12)13-10(14-9)16-2/h6H,3-5H2,1-2H3. The number of aromatic nitrogens is 2. The maximum absolute atomic E-state index is 6.09. The molecule has 0 N–H and O–H groups in total. The van der Waals surface area contributed by atoms with Crippen molar-refractivity contribution in [2.24, 2.45) is 0 Å². The van der Waals surface area contributed by atoms with E-state index in [1.165, 1.54) is 24.6 Å². The fraction of sp³-hybridized carbons (Fsp3) is 0.600. The van der Waals surface area contributed by atoms with E-state index in [0.29, 0.717) is 11.2 Å². The average molecular weight is 323 g/mol. The minimum absolute atomic E-state index is 0.494. The SMILES string of the molecule is CSc1nc(Cl)c(Br)c(N2CCCC2C)n1. The summed E-state index contributed by atoms with van der Waals surface area (Å²) in [6.45, 7) is 3.26. The van der Waals surface area contributed by atoms with Gasteiger partial charge in [0.05, 0.1) is 4.47 Å². The number of thioether (sulfide) groups is 1. The Hall–Kier alpha value is -0.000000000000000111. The van der Waals surface area contributed by atoms with Gasteiger partial charge in [0.1, 0.15) is 11.0 Å². The lowest BCUT2D eigenvalue weighted by Gasteiger charge is -2.24. The number of anilines is 1. The molecule has 1 aromatic heterocycles. The van der Waals surface area contributed by atoms with Gasteiger partial charge in [-0.1, -0.05) is 23.4 Å². The van der Waals surface area contributed by atoms with Crippen LogP contribution in [0.4, 0.5) is 5.82 Å². The summed E-state index contributed by atoms with van der Waals surface area (Å²) in [5, 5.41) is 1.22. The van der Waals surface area contributed by atoms with Crippen LogP contribution in [-0.2, 0) is 0 Å². The maximum atomic E-state index is 6.09. The van der Waals surface area contributed by atoms with E-state index in [1.807, 2.05) is 6.26 Å². The second-order valence-corrected chi connectivity index (χ2v) is 5.75. The van der Waals surface area contributed by atoms with Crippen molar-refractivity contribution in [3.63, 3.8) is 0 Å². The first-order chi connectivity index (χ1) is 7.63. The summed E-state index contributed by atoms with van der Waals surface area (Å²) < 4.78 is 0.806. The number of rotatable bonds is 2. The van der Waals surface area contributed by atoms with Crippen molar-refractivity contribution in [2.75, 3.05) is 17.7 Å². The van der Waals surface area contributed by atoms with Crippen LogP contribution >= 0.6 is 39.3 Å². The van der Waals surface area contributed by atoms with Gasteiger partial charge >= 0.3 is 0 Å². The third-order valence-electron chi connectivity index (χ3n) is 2.78. The first-order valence-corrected chi connectivity index (χ1v) is 7.56. The van der Waals surface area contributed by atoms with E-state index >= 15 is 0 Å². The molecule has 1 fully saturated rings. The van der Waals surface area contributed by atoms with Crippen LogP contribution in [0.5, 0.6) is 0 Å². The van der Waals surface area contributed by atoms with Gasteiger partial charge in [-0.05, 0) is 42.0 Å². The number of halogens is 2. The molecule has 0 bridgehead atoms. The Kier molecular flexibility index (Phi) is 3.97. The molecule has 0 saturated carbocycles. The predicted molar refractivity (Wildman–Crippen MR) is 72.6 cm³/mol. The third-order valence-corrected chi connectivity index (χ3v) is 4.56. The Morgan fingerprint density at radius 1 is 1.50 bits per heavy atom. The zero-order valence-electron chi connectivity index (χ0n) is 9.20. The topological polar surface area (TPSA) is 29.0 Å². The van der Waals surface area contributed by atoms with Gasteiger partial charge in [-0.25, -0.2) is 9.97 Å². The highest BCUT2D eigenvalue weighted by Gasteiger charge is 2.25. The first kappa shape index (κ1) is 12.5. The van der Waals surface area contributed by atoms with Gasteiger partial charge in [-0.2, -0.15) is 0 Å². The molecule has 0 amide bonds. The van der Waals surface area contributed by atoms with Crippen LogP contribution in [-0.4, -0.2) is 28.8 Å². The molecule has 88 valence electrons. The van der Waals surface area contributed by atoms with Crippen molar-refractivity contribution in [1.29, 1.82) is 0 Å². The summed E-state index contributed by atoms with van der Waals surface area (Å²) in [5.41, 5.74) is 0. The van der Waals surface area contributed by atoms with Gasteiger partial charge in [-0.15, -0.1) is 0 Å². The normalized spacial score (nSPS) is 20.5. The molecule has 0 radical (unpaired) electrons. The minimum atomic E-state index is 0.494. The molecule has 2 rings (SSSR count). The fourth-order valence-corrected chi connectivity index (χ4v) is 2.90. The van der Waals surface area contributed by atoms with Gasteiger partial charge in [0, 0.05) is 12.6 Å². The Balaban J connectivity index is 2.42. The van der Waals surface area contributed by atoms with Crippen molar-refractivity contribution in [1.82, 2.24) is 9.97 Å². The van der Waals surface area contributed by atoms with Crippen LogP contribution in [0.3, 0.4) is 0 Å². The summed E-state index contributed by atoms with van der Waals surface area (Å²) >= 11 is 11.1. The van der Waals surface area contributed by atoms with Crippen LogP contribution in [0.15, 0.2) is 9.63 Å². The van der Waals surface area contributed by atoms with Crippen molar-refractivity contribution < 1.29 is 0 Å². The molecule has 3 nitrogen and oxygen atoms in total. The van der Waals surface area contributed by atoms with Gasteiger partial charge in [0.2, 0.25) is 0 Å². The molecule has 0 aromatic carbocycles. The Bertz CT molecular complexity index is 402. The van der Waals surface area contributed by atoms with Crippen molar-refractivity contribution in [3.8, 4) is 0 Å². The van der Waals surface area contributed by atoms with Crippen LogP contribution in [0.25, 0.3) is 0 Å². The largest absolute Gasteiger partial charge is 0.353 e. The highest BCUT2D eigenvalue weighted by atomic mass is 79.9. The quantitative estimate of drug-likeness (QED) is 0.472. The van der Waals surface area contributed by atoms with E-state index in [4.69, 9.17) is 11.6 Å². The van der Waals surface area contributed by atoms with Crippen LogP contribution in [0.2, 0.25) is 5.15 Å². The summed E-state index contributed by atoms with van der Waals surface area (Å²) in [7, 11) is 0. The maximum Gasteiger partial charge on any atom is 0.190 e. The van der Waals surface area contributed by atoms with Crippen LogP contribution in [0, 0.1) is 0 Å². The van der Waals surface area contributed by atoms with Crippen LogP contribution in [0.1, 0.15) is 19.8 Å². The van der Waals surface area contributed by atoms with Crippen molar-refractivity contribution in [3.05, 3.63) is 9.63 Å². The highest BCUT2D eigenvalue weighted by molar-refractivity contribution is 9.10. The molecular formula is C10H13BrClN3S. The lowest BCUT2D eigenvalue weighted by Crippen LogP contribution is -2.27. The zero-order chi connectivity index (χ0) is 11.7. The Morgan fingerprint density at radius 3 is 2.81 bits per heavy atom. The highest BCUT2D eigenvalue weighted by Crippen LogP contribution is 2.35. The zero-order valence-corrected chi connectivity index (χ0v) is 12.4. The minimum Gasteiger partial charge on any atom is -0.353 e. The molecule has 2 heterocycles. The third kappa shape index (κ3) is 2.31. The lowest BCUT2D eigenvalue weighted by molar-refractivity contribution is 0.718. The molecule has 1 aliphatic heterocycles. The monoisotopic (exact) mass is 321 g/mol. The summed E-state index contributed by atoms with van der Waals surface area (Å²) in [6.07, 6.45) is 4.38. The van der Waals surface area contributed by atoms with Crippen molar-refractivity contribution in [2.45, 2.75) is 31.0 Å². The van der Waals surface area contributed by atoms with E-state index < -0.39 is 0 Å². The van der Waals surface area contributed by atoms with E-state index in [2.05, 4.69) is 37.7 Å². The smallest absolute Gasteiger partial charge is 0.190 e. The molecule has 1 aromatic rings. The van der Waals surface area contributed by atoms with E-state index in [-0.39, 0.29) is 0 Å². The van der Waals surface area contributed by atoms with Gasteiger partial charge in [-0.3, -0.25) is 0 Å². The van der Waals surface area contributed by atoms with E-state index in [0.717, 1.165) is 22.0 Å². The molecule has 0 spiro atoms. The molecule has 1 saturated heterocycles. The number of nitrogens with zero attached hydrogens (tertiary/aromatic N) is 3. The predicted octanol–water partition coefficient (Wildman–Crippen LogP) is 3.60. The van der Waals surface area contributed by atoms with Crippen LogP contribution < -0.4 is 4.90 Å². The first-order valence-electron chi connectivity index (χ1n) is 5.17. The van der Waals surface area contributed by atoms with Gasteiger partial charge < -0.3 is 4.90 Å². The fourth-order valence-electron chi connectivity index (χ4n) is 1.92. The number of hydrogen-bond acceptors (Lipinski definition) is 4. The lowest BCUT2D eigenvalue weighted by atomic mass is 10.2. The second-order valence-electron chi connectivity index (χ2n) is 3.82. The Labute approximate surface area is 113 Å². The summed E-state index contributed by atoms with van der Waals surface area (Å²) in [6, 6.07) is 0.525. The van der Waals surface area contributed by atoms with E-state index in [9.17, 15) is 0 Å². The summed E-state index contributed by atoms with van der Waals surface area (Å²) in [5.74, 6) is 0.925. The average Bonchev–Trinajstić information content (AvgIpc) is 2.68. The Morgan fingerprint density at radius 2 is 2.25 bits per heavy atom. The molecule has 16 heavy (non-hydrogen) atoms. The van der Waals surface area contributed by atoms with E-state index in [1.54, 1.807) is 0 Å². The van der Waals surface area contributed by atoms with Crippen molar-refractivity contribution >= 4 is 45.1 Å². The molecule has 1 unspecified atom stereocenters. The van der Waals surface area contributed by atoms with Gasteiger partial charge in [0.25, 0.3) is 0 Å². The molecule has 1 atom stereocenters. The van der Waals surface area contributed by atoms with Gasteiger partial charge in [0.15, 0.2) is 5.16 Å². The summed E-state index contributed by atoms with van der Waals surface area (Å²) in [4.78, 5) is 11.0. The second kappa shape index (κ2) is 5.10. The number of hydrogen-bond donors (Lipinski definition) is 0. The molecule has 0 aliphatic carbocycles. The molecule has 1 aliphatic rings. The molecular weight excluding hydrogens is 310 g/mol.